The number of likely N-dealkylation sites (N-methyl/N-ethyl adjacent to an activating group) is 1. The Bertz CT molecular complexity index is 869. The number of carbonyl (C=O) groups is 3. The molecule has 2 rings (SSSR count). The molecule has 30 heavy (non-hydrogen) atoms. The van der Waals surface area contributed by atoms with E-state index in [1.807, 2.05) is 37.3 Å². The number of pyridine rings is 1. The smallest absolute Gasteiger partial charge is 0.320 e. The maximum atomic E-state index is 12.0. The van der Waals surface area contributed by atoms with Gasteiger partial charge in [0.05, 0.1) is 6.54 Å². The van der Waals surface area contributed by atoms with E-state index in [0.717, 1.165) is 10.6 Å². The summed E-state index contributed by atoms with van der Waals surface area (Å²) in [6, 6.07) is 12.4. The first-order valence-electron chi connectivity index (χ1n) is 9.38. The van der Waals surface area contributed by atoms with Crippen molar-refractivity contribution in [3.8, 4) is 0 Å². The van der Waals surface area contributed by atoms with Crippen LogP contribution in [0.5, 0.6) is 0 Å². The summed E-state index contributed by atoms with van der Waals surface area (Å²) in [5.41, 5.74) is 1.60. The molecule has 0 unspecified atom stereocenters. The van der Waals surface area contributed by atoms with Crippen molar-refractivity contribution < 1.29 is 19.2 Å². The third-order valence-corrected chi connectivity index (χ3v) is 3.83. The average Bonchev–Trinajstić information content (AvgIpc) is 2.76. The largest absolute Gasteiger partial charge is 0.343 e. The van der Waals surface area contributed by atoms with Gasteiger partial charge in [0.2, 0.25) is 5.91 Å². The molecule has 9 nitrogen and oxygen atoms in total. The summed E-state index contributed by atoms with van der Waals surface area (Å²) in [6.07, 6.45) is 4.37. The van der Waals surface area contributed by atoms with Crippen LogP contribution in [0.3, 0.4) is 0 Å². The van der Waals surface area contributed by atoms with Crippen LogP contribution in [0.4, 0.5) is 10.6 Å². The zero-order chi connectivity index (χ0) is 21.8. The predicted octanol–water partition coefficient (Wildman–Crippen LogP) is 1.94. The number of nitrogens with one attached hydrogen (secondary N) is 3. The van der Waals surface area contributed by atoms with Gasteiger partial charge in [0.1, 0.15) is 12.4 Å². The fourth-order valence-electron chi connectivity index (χ4n) is 2.22. The summed E-state index contributed by atoms with van der Waals surface area (Å²) in [7, 11) is 1.50. The minimum Gasteiger partial charge on any atom is -0.343 e. The van der Waals surface area contributed by atoms with Crippen LogP contribution in [-0.4, -0.2) is 48.0 Å². The number of hydrogen-bond donors (Lipinski definition) is 3. The second kappa shape index (κ2) is 12.0. The molecule has 0 atom stereocenters. The molecular formula is C21H25N5O4. The van der Waals surface area contributed by atoms with E-state index in [2.05, 4.69) is 20.9 Å². The molecule has 0 radical (unpaired) electrons. The number of rotatable bonds is 9. The number of hydroxylamine groups is 2. The minimum atomic E-state index is -0.427. The van der Waals surface area contributed by atoms with E-state index < -0.39 is 5.91 Å². The number of urea groups is 1. The maximum absolute atomic E-state index is 12.0. The Balaban J connectivity index is 1.73. The lowest BCUT2D eigenvalue weighted by molar-refractivity contribution is -0.181. The highest BCUT2D eigenvalue weighted by atomic mass is 16.7. The number of anilines is 1. The lowest BCUT2D eigenvalue weighted by Gasteiger charge is -2.16. The Hall–Kier alpha value is -3.72. The quantitative estimate of drug-likeness (QED) is 0.431. The predicted molar refractivity (Wildman–Crippen MR) is 113 cm³/mol. The molecule has 0 saturated heterocycles. The molecule has 2 aromatic rings. The third kappa shape index (κ3) is 8.11. The topological polar surface area (TPSA) is 113 Å². The monoisotopic (exact) mass is 411 g/mol. The summed E-state index contributed by atoms with van der Waals surface area (Å²) in [5, 5.41) is 8.78. The molecule has 158 valence electrons. The first-order chi connectivity index (χ1) is 14.5. The fourth-order valence-corrected chi connectivity index (χ4v) is 2.22. The molecule has 1 aromatic carbocycles. The van der Waals surface area contributed by atoms with Crippen molar-refractivity contribution in [2.75, 3.05) is 25.5 Å². The summed E-state index contributed by atoms with van der Waals surface area (Å²) in [6.45, 7) is 2.39. The molecule has 0 bridgehead atoms. The molecule has 1 aromatic heterocycles. The van der Waals surface area contributed by atoms with E-state index in [1.54, 1.807) is 18.2 Å². The summed E-state index contributed by atoms with van der Waals surface area (Å²) < 4.78 is 0. The Morgan fingerprint density at radius 2 is 1.87 bits per heavy atom. The van der Waals surface area contributed by atoms with Gasteiger partial charge in [-0.15, -0.1) is 0 Å². The van der Waals surface area contributed by atoms with Crippen molar-refractivity contribution in [3.63, 3.8) is 0 Å². The van der Waals surface area contributed by atoms with Gasteiger partial charge in [0.25, 0.3) is 5.91 Å². The summed E-state index contributed by atoms with van der Waals surface area (Å²) >= 11 is 0. The van der Waals surface area contributed by atoms with Crippen LogP contribution in [-0.2, 0) is 21.0 Å². The normalized spacial score (nSPS) is 10.5. The highest BCUT2D eigenvalue weighted by Gasteiger charge is 2.10. The number of aromatic nitrogens is 1. The van der Waals surface area contributed by atoms with Crippen molar-refractivity contribution >= 4 is 29.7 Å². The Kier molecular flexibility index (Phi) is 9.01. The first-order valence-corrected chi connectivity index (χ1v) is 9.38. The van der Waals surface area contributed by atoms with Crippen LogP contribution >= 0.6 is 0 Å². The van der Waals surface area contributed by atoms with E-state index in [4.69, 9.17) is 4.84 Å². The molecule has 0 aliphatic heterocycles. The molecule has 1 heterocycles. The SMILES string of the molecule is CCNC(=O)Nc1ccc(/C=C/C(=O)NCC(=O)N(C)OCc2ccccc2)cn1. The molecule has 0 saturated carbocycles. The van der Waals surface area contributed by atoms with Crippen molar-refractivity contribution in [1.82, 2.24) is 20.7 Å². The van der Waals surface area contributed by atoms with Crippen LogP contribution in [0.25, 0.3) is 6.08 Å². The lowest BCUT2D eigenvalue weighted by atomic mass is 10.2. The highest BCUT2D eigenvalue weighted by molar-refractivity contribution is 5.94. The van der Waals surface area contributed by atoms with Crippen LogP contribution in [0, 0.1) is 0 Å². The number of hydrogen-bond acceptors (Lipinski definition) is 5. The van der Waals surface area contributed by atoms with Gasteiger partial charge >= 0.3 is 6.03 Å². The average molecular weight is 411 g/mol. The minimum absolute atomic E-state index is 0.192. The fraction of sp³-hybridized carbons (Fsp3) is 0.238. The second-order valence-electron chi connectivity index (χ2n) is 6.16. The second-order valence-corrected chi connectivity index (χ2v) is 6.16. The Morgan fingerprint density at radius 3 is 2.53 bits per heavy atom. The highest BCUT2D eigenvalue weighted by Crippen LogP contribution is 2.06. The zero-order valence-corrected chi connectivity index (χ0v) is 16.9. The molecular weight excluding hydrogens is 386 g/mol. The van der Waals surface area contributed by atoms with Crippen molar-refractivity contribution in [2.45, 2.75) is 13.5 Å². The molecule has 0 fully saturated rings. The lowest BCUT2D eigenvalue weighted by Crippen LogP contribution is -2.37. The van der Waals surface area contributed by atoms with Crippen LogP contribution in [0.2, 0.25) is 0 Å². The molecule has 0 aliphatic carbocycles. The van der Waals surface area contributed by atoms with Gasteiger partial charge in [-0.05, 0) is 36.3 Å². The van der Waals surface area contributed by atoms with Gasteiger partial charge in [-0.1, -0.05) is 30.3 Å². The van der Waals surface area contributed by atoms with Gasteiger partial charge in [0, 0.05) is 25.9 Å². The van der Waals surface area contributed by atoms with E-state index in [1.165, 1.54) is 19.3 Å². The van der Waals surface area contributed by atoms with Gasteiger partial charge < -0.3 is 10.6 Å². The number of amides is 4. The number of carbonyl (C=O) groups excluding carboxylic acids is 3. The third-order valence-electron chi connectivity index (χ3n) is 3.83. The molecule has 9 heteroatoms. The summed E-state index contributed by atoms with van der Waals surface area (Å²) in [4.78, 5) is 44.8. The molecule has 3 N–H and O–H groups in total. The van der Waals surface area contributed by atoms with Gasteiger partial charge in [-0.3, -0.25) is 19.7 Å². The van der Waals surface area contributed by atoms with Crippen LogP contribution in [0.1, 0.15) is 18.1 Å². The standard InChI is InChI=1S/C21H25N5O4/c1-3-22-21(29)25-18-11-9-16(13-23-18)10-12-19(27)24-14-20(28)26(2)30-15-17-7-5-4-6-8-17/h4-13H,3,14-15H2,1-2H3,(H,24,27)(H2,22,23,25,29)/b12-10+. The van der Waals surface area contributed by atoms with E-state index in [-0.39, 0.29) is 25.1 Å². The molecule has 0 aliphatic rings. The number of nitrogens with zero attached hydrogens (tertiary/aromatic N) is 2. The van der Waals surface area contributed by atoms with E-state index >= 15 is 0 Å². The zero-order valence-electron chi connectivity index (χ0n) is 16.9. The van der Waals surface area contributed by atoms with E-state index in [0.29, 0.717) is 17.9 Å². The van der Waals surface area contributed by atoms with Gasteiger partial charge in [-0.25, -0.2) is 14.8 Å². The Labute approximate surface area is 175 Å². The number of benzene rings is 1. The molecule has 4 amide bonds. The molecule has 0 spiro atoms. The Morgan fingerprint density at radius 1 is 1.10 bits per heavy atom. The summed E-state index contributed by atoms with van der Waals surface area (Å²) in [5.74, 6) is -0.411. The first kappa shape index (κ1) is 22.6. The van der Waals surface area contributed by atoms with Crippen LogP contribution < -0.4 is 16.0 Å². The van der Waals surface area contributed by atoms with Crippen molar-refractivity contribution in [1.29, 1.82) is 0 Å². The van der Waals surface area contributed by atoms with Gasteiger partial charge in [-0.2, -0.15) is 0 Å². The van der Waals surface area contributed by atoms with Crippen molar-refractivity contribution in [2.24, 2.45) is 0 Å². The van der Waals surface area contributed by atoms with Crippen LogP contribution in [0.15, 0.2) is 54.7 Å². The van der Waals surface area contributed by atoms with Gasteiger partial charge in [0.15, 0.2) is 0 Å². The van der Waals surface area contributed by atoms with E-state index in [9.17, 15) is 14.4 Å². The van der Waals surface area contributed by atoms with Crippen molar-refractivity contribution in [3.05, 3.63) is 65.9 Å². The maximum Gasteiger partial charge on any atom is 0.320 e.